The summed E-state index contributed by atoms with van der Waals surface area (Å²) in [5.74, 6) is -0.918. The van der Waals surface area contributed by atoms with Crippen molar-refractivity contribution >= 4 is 23.2 Å². The predicted molar refractivity (Wildman–Crippen MR) is 85.7 cm³/mol. The SMILES string of the molecule is NCc1nc(C(=O)NCCCNC(=O)c2ccc(F)cc2)cs1. The third kappa shape index (κ3) is 5.11. The summed E-state index contributed by atoms with van der Waals surface area (Å²) in [5, 5.41) is 7.79. The lowest BCUT2D eigenvalue weighted by Gasteiger charge is -2.06. The molecule has 6 nitrogen and oxygen atoms in total. The molecule has 0 saturated carbocycles. The molecule has 23 heavy (non-hydrogen) atoms. The van der Waals surface area contributed by atoms with Gasteiger partial charge in [0.15, 0.2) is 0 Å². The van der Waals surface area contributed by atoms with Gasteiger partial charge in [0.2, 0.25) is 0 Å². The highest BCUT2D eigenvalue weighted by atomic mass is 32.1. The number of aromatic nitrogens is 1. The third-order valence-electron chi connectivity index (χ3n) is 2.99. The van der Waals surface area contributed by atoms with Crippen LogP contribution in [-0.4, -0.2) is 29.9 Å². The van der Waals surface area contributed by atoms with Gasteiger partial charge in [0.1, 0.15) is 16.5 Å². The first-order chi connectivity index (χ1) is 11.1. The fourth-order valence-corrected chi connectivity index (χ4v) is 2.45. The number of nitrogens with one attached hydrogen (secondary N) is 2. The smallest absolute Gasteiger partial charge is 0.270 e. The van der Waals surface area contributed by atoms with Gasteiger partial charge >= 0.3 is 0 Å². The molecular weight excluding hydrogens is 319 g/mol. The van der Waals surface area contributed by atoms with Crippen LogP contribution in [-0.2, 0) is 6.54 Å². The third-order valence-corrected chi connectivity index (χ3v) is 3.86. The van der Waals surface area contributed by atoms with Gasteiger partial charge in [-0.3, -0.25) is 9.59 Å². The zero-order valence-electron chi connectivity index (χ0n) is 12.3. The Balaban J connectivity index is 1.66. The van der Waals surface area contributed by atoms with E-state index in [1.807, 2.05) is 0 Å². The number of halogens is 1. The van der Waals surface area contributed by atoms with Crippen LogP contribution in [0.3, 0.4) is 0 Å². The molecular formula is C15H17FN4O2S. The highest BCUT2D eigenvalue weighted by molar-refractivity contribution is 7.09. The molecule has 1 aromatic heterocycles. The van der Waals surface area contributed by atoms with Gasteiger partial charge in [-0.15, -0.1) is 11.3 Å². The van der Waals surface area contributed by atoms with Crippen LogP contribution >= 0.6 is 11.3 Å². The van der Waals surface area contributed by atoms with Gasteiger partial charge in [-0.25, -0.2) is 9.37 Å². The molecule has 2 rings (SSSR count). The molecule has 0 unspecified atom stereocenters. The molecule has 0 spiro atoms. The molecule has 1 heterocycles. The first-order valence-corrected chi connectivity index (χ1v) is 7.94. The molecule has 122 valence electrons. The summed E-state index contributed by atoms with van der Waals surface area (Å²) in [7, 11) is 0. The van der Waals surface area contributed by atoms with Crippen molar-refractivity contribution in [3.05, 3.63) is 51.7 Å². The number of thiazole rings is 1. The molecule has 0 saturated heterocycles. The quantitative estimate of drug-likeness (QED) is 0.664. The number of hydrogen-bond acceptors (Lipinski definition) is 5. The lowest BCUT2D eigenvalue weighted by Crippen LogP contribution is -2.30. The van der Waals surface area contributed by atoms with E-state index < -0.39 is 0 Å². The molecule has 2 aromatic rings. The second-order valence-corrected chi connectivity index (χ2v) is 5.65. The minimum Gasteiger partial charge on any atom is -0.352 e. The molecule has 0 aliphatic carbocycles. The van der Waals surface area contributed by atoms with Crippen LogP contribution in [0.4, 0.5) is 4.39 Å². The lowest BCUT2D eigenvalue weighted by molar-refractivity contribution is 0.0948. The van der Waals surface area contributed by atoms with Gasteiger partial charge in [-0.1, -0.05) is 0 Å². The number of carbonyl (C=O) groups excluding carboxylic acids is 2. The Morgan fingerprint density at radius 1 is 1.13 bits per heavy atom. The summed E-state index contributed by atoms with van der Waals surface area (Å²) in [6.07, 6.45) is 0.576. The van der Waals surface area contributed by atoms with E-state index in [4.69, 9.17) is 5.73 Å². The van der Waals surface area contributed by atoms with E-state index in [9.17, 15) is 14.0 Å². The summed E-state index contributed by atoms with van der Waals surface area (Å²) in [6.45, 7) is 1.13. The molecule has 0 fully saturated rings. The summed E-state index contributed by atoms with van der Waals surface area (Å²) >= 11 is 1.34. The summed E-state index contributed by atoms with van der Waals surface area (Å²) in [6, 6.07) is 5.31. The van der Waals surface area contributed by atoms with Crippen molar-refractivity contribution in [3.63, 3.8) is 0 Å². The zero-order chi connectivity index (χ0) is 16.7. The molecule has 1 aromatic carbocycles. The molecule has 0 aliphatic heterocycles. The van der Waals surface area contributed by atoms with Crippen molar-refractivity contribution in [1.82, 2.24) is 15.6 Å². The highest BCUT2D eigenvalue weighted by Gasteiger charge is 2.09. The Morgan fingerprint density at radius 2 is 1.78 bits per heavy atom. The average molecular weight is 336 g/mol. The fraction of sp³-hybridized carbons (Fsp3) is 0.267. The Hall–Kier alpha value is -2.32. The van der Waals surface area contributed by atoms with E-state index in [0.717, 1.165) is 0 Å². The number of nitrogens with two attached hydrogens (primary N) is 1. The molecule has 4 N–H and O–H groups in total. The molecule has 0 atom stereocenters. The minimum absolute atomic E-state index is 0.259. The van der Waals surface area contributed by atoms with Gasteiger partial charge in [0.25, 0.3) is 11.8 Å². The van der Waals surface area contributed by atoms with Gasteiger partial charge in [-0.05, 0) is 30.7 Å². The van der Waals surface area contributed by atoms with E-state index in [0.29, 0.717) is 42.3 Å². The normalized spacial score (nSPS) is 10.3. The Labute approximate surface area is 136 Å². The Kier molecular flexibility index (Phi) is 6.19. The first kappa shape index (κ1) is 17.0. The van der Waals surface area contributed by atoms with Crippen LogP contribution in [0.15, 0.2) is 29.6 Å². The Morgan fingerprint density at radius 3 is 2.39 bits per heavy atom. The fourth-order valence-electron chi connectivity index (χ4n) is 1.80. The van der Waals surface area contributed by atoms with E-state index >= 15 is 0 Å². The summed E-state index contributed by atoms with van der Waals surface area (Å²) in [4.78, 5) is 27.6. The largest absolute Gasteiger partial charge is 0.352 e. The number of rotatable bonds is 7. The molecule has 0 aliphatic rings. The number of nitrogens with zero attached hydrogens (tertiary/aromatic N) is 1. The maximum absolute atomic E-state index is 12.8. The van der Waals surface area contributed by atoms with Gasteiger partial charge in [-0.2, -0.15) is 0 Å². The van der Waals surface area contributed by atoms with Crippen molar-refractivity contribution in [2.24, 2.45) is 5.73 Å². The van der Waals surface area contributed by atoms with Crippen LogP contribution in [0.5, 0.6) is 0 Å². The summed E-state index contributed by atoms with van der Waals surface area (Å²) < 4.78 is 12.8. The van der Waals surface area contributed by atoms with Gasteiger partial charge < -0.3 is 16.4 Å². The van der Waals surface area contributed by atoms with E-state index in [1.54, 1.807) is 5.38 Å². The van der Waals surface area contributed by atoms with Crippen molar-refractivity contribution < 1.29 is 14.0 Å². The maximum Gasteiger partial charge on any atom is 0.270 e. The van der Waals surface area contributed by atoms with Crippen LogP contribution in [0, 0.1) is 5.82 Å². The number of benzene rings is 1. The monoisotopic (exact) mass is 336 g/mol. The van der Waals surface area contributed by atoms with Gasteiger partial charge in [0, 0.05) is 30.6 Å². The topological polar surface area (TPSA) is 97.1 Å². The Bertz CT molecular complexity index is 672. The highest BCUT2D eigenvalue weighted by Crippen LogP contribution is 2.08. The standard InChI is InChI=1S/C15H17FN4O2S/c16-11-4-2-10(3-5-11)14(21)18-6-1-7-19-15(22)12-9-23-13(8-17)20-12/h2-5,9H,1,6-8,17H2,(H,18,21)(H,19,22). The maximum atomic E-state index is 12.8. The van der Waals surface area contributed by atoms with Crippen molar-refractivity contribution in [2.45, 2.75) is 13.0 Å². The van der Waals surface area contributed by atoms with Crippen LogP contribution in [0.1, 0.15) is 32.3 Å². The van der Waals surface area contributed by atoms with E-state index in [2.05, 4.69) is 15.6 Å². The van der Waals surface area contributed by atoms with Crippen LogP contribution < -0.4 is 16.4 Å². The van der Waals surface area contributed by atoms with E-state index in [-0.39, 0.29) is 17.6 Å². The second-order valence-electron chi connectivity index (χ2n) is 4.70. The average Bonchev–Trinajstić information content (AvgIpc) is 3.04. The van der Waals surface area contributed by atoms with Gasteiger partial charge in [0.05, 0.1) is 0 Å². The van der Waals surface area contributed by atoms with Crippen molar-refractivity contribution in [1.29, 1.82) is 0 Å². The van der Waals surface area contributed by atoms with Crippen molar-refractivity contribution in [2.75, 3.05) is 13.1 Å². The molecule has 0 radical (unpaired) electrons. The van der Waals surface area contributed by atoms with Crippen LogP contribution in [0.2, 0.25) is 0 Å². The number of amides is 2. The number of hydrogen-bond donors (Lipinski definition) is 3. The zero-order valence-corrected chi connectivity index (χ0v) is 13.2. The summed E-state index contributed by atoms with van der Waals surface area (Å²) in [5.41, 5.74) is 6.19. The first-order valence-electron chi connectivity index (χ1n) is 7.06. The lowest BCUT2D eigenvalue weighted by atomic mass is 10.2. The van der Waals surface area contributed by atoms with Crippen molar-refractivity contribution in [3.8, 4) is 0 Å². The van der Waals surface area contributed by atoms with Crippen LogP contribution in [0.25, 0.3) is 0 Å². The van der Waals surface area contributed by atoms with E-state index in [1.165, 1.54) is 35.6 Å². The molecule has 0 bridgehead atoms. The minimum atomic E-state index is -0.385. The predicted octanol–water partition coefficient (Wildman–Crippen LogP) is 1.29. The second kappa shape index (κ2) is 8.35. The number of carbonyl (C=O) groups is 2. The molecule has 8 heteroatoms. The molecule has 2 amide bonds.